The second-order valence-corrected chi connectivity index (χ2v) is 4.33. The first-order valence-electron chi connectivity index (χ1n) is 5.80. The van der Waals surface area contributed by atoms with Gasteiger partial charge in [-0.25, -0.2) is 9.07 Å². The van der Waals surface area contributed by atoms with Crippen molar-refractivity contribution in [2.75, 3.05) is 6.54 Å². The minimum Gasteiger partial charge on any atom is -0.311 e. The monoisotopic (exact) mass is 231 g/mol. The van der Waals surface area contributed by atoms with Crippen LogP contribution in [0.25, 0.3) is 5.69 Å². The zero-order chi connectivity index (χ0) is 11.8. The summed E-state index contributed by atoms with van der Waals surface area (Å²) in [6, 6.07) is 6.56. The number of hydrogen-bond acceptors (Lipinski definition) is 2. The zero-order valence-corrected chi connectivity index (χ0v) is 9.70. The summed E-state index contributed by atoms with van der Waals surface area (Å²) in [4.78, 5) is 0. The summed E-state index contributed by atoms with van der Waals surface area (Å²) in [5, 5.41) is 7.84. The molecule has 17 heavy (non-hydrogen) atoms. The number of aryl methyl sites for hydroxylation is 1. The molecule has 2 aromatic rings. The average Bonchev–Trinajstić information content (AvgIpc) is 2.68. The molecule has 0 saturated carbocycles. The molecule has 0 atom stereocenters. The smallest absolute Gasteiger partial charge is 0.125 e. The predicted molar refractivity (Wildman–Crippen MR) is 63.7 cm³/mol. The fourth-order valence-electron chi connectivity index (χ4n) is 2.36. The summed E-state index contributed by atoms with van der Waals surface area (Å²) >= 11 is 0. The van der Waals surface area contributed by atoms with Gasteiger partial charge in [-0.05, 0) is 43.7 Å². The molecular weight excluding hydrogens is 217 g/mol. The summed E-state index contributed by atoms with van der Waals surface area (Å²) in [5.41, 5.74) is 4.29. The molecule has 0 bridgehead atoms. The summed E-state index contributed by atoms with van der Waals surface area (Å²) in [6.45, 7) is 3.80. The Morgan fingerprint density at radius 1 is 1.41 bits per heavy atom. The molecule has 0 saturated heterocycles. The Balaban J connectivity index is 2.15. The van der Waals surface area contributed by atoms with Gasteiger partial charge in [0, 0.05) is 6.54 Å². The maximum atomic E-state index is 13.2. The van der Waals surface area contributed by atoms with Gasteiger partial charge in [0.25, 0.3) is 0 Å². The Bertz CT molecular complexity index is 560. The molecule has 2 heterocycles. The lowest BCUT2D eigenvalue weighted by Gasteiger charge is -2.15. The van der Waals surface area contributed by atoms with Crippen molar-refractivity contribution >= 4 is 0 Å². The van der Waals surface area contributed by atoms with Crippen LogP contribution in [0.5, 0.6) is 0 Å². The van der Waals surface area contributed by atoms with Crippen LogP contribution < -0.4 is 5.32 Å². The Morgan fingerprint density at radius 3 is 3.12 bits per heavy atom. The van der Waals surface area contributed by atoms with Crippen LogP contribution in [-0.2, 0) is 13.0 Å². The van der Waals surface area contributed by atoms with Crippen molar-refractivity contribution in [3.8, 4) is 5.69 Å². The lowest BCUT2D eigenvalue weighted by molar-refractivity contribution is 0.607. The molecule has 1 N–H and O–H groups in total. The summed E-state index contributed by atoms with van der Waals surface area (Å²) < 4.78 is 15.1. The number of halogens is 1. The van der Waals surface area contributed by atoms with Crippen LogP contribution in [0.2, 0.25) is 0 Å². The molecule has 0 amide bonds. The Labute approximate surface area is 99.3 Å². The highest BCUT2D eigenvalue weighted by atomic mass is 19.1. The van der Waals surface area contributed by atoms with Gasteiger partial charge >= 0.3 is 0 Å². The molecule has 1 aliphatic heterocycles. The molecule has 3 rings (SSSR count). The molecule has 0 unspecified atom stereocenters. The largest absolute Gasteiger partial charge is 0.311 e. The highest BCUT2D eigenvalue weighted by Gasteiger charge is 2.18. The van der Waals surface area contributed by atoms with Gasteiger partial charge in [-0.3, -0.25) is 0 Å². The van der Waals surface area contributed by atoms with E-state index < -0.39 is 0 Å². The Hall–Kier alpha value is -1.68. The van der Waals surface area contributed by atoms with Gasteiger partial charge in [0.05, 0.1) is 17.1 Å². The first kappa shape index (κ1) is 10.5. The quantitative estimate of drug-likeness (QED) is 0.813. The predicted octanol–water partition coefficient (Wildman–Crippen LogP) is 1.97. The molecular formula is C13H14FN3. The SMILES string of the molecule is Cc1nn(-c2cccc(F)c2)c2c1CCNC2. The normalized spacial score (nSPS) is 14.7. The second-order valence-electron chi connectivity index (χ2n) is 4.33. The van der Waals surface area contributed by atoms with E-state index in [1.807, 2.05) is 17.7 Å². The molecule has 0 fully saturated rings. The lowest BCUT2D eigenvalue weighted by atomic mass is 10.1. The number of nitrogens with one attached hydrogen (secondary N) is 1. The molecule has 1 aromatic heterocycles. The molecule has 0 spiro atoms. The number of aromatic nitrogens is 2. The number of benzene rings is 1. The van der Waals surface area contributed by atoms with E-state index in [9.17, 15) is 4.39 Å². The standard InChI is InChI=1S/C13H14FN3/c1-9-12-5-6-15-8-13(12)17(16-9)11-4-2-3-10(14)7-11/h2-4,7,15H,5-6,8H2,1H3. The first-order chi connectivity index (χ1) is 8.25. The summed E-state index contributed by atoms with van der Waals surface area (Å²) in [7, 11) is 0. The van der Waals surface area contributed by atoms with Crippen LogP contribution in [0.3, 0.4) is 0 Å². The van der Waals surface area contributed by atoms with Gasteiger partial charge in [-0.1, -0.05) is 6.07 Å². The van der Waals surface area contributed by atoms with Crippen LogP contribution in [0.4, 0.5) is 4.39 Å². The van der Waals surface area contributed by atoms with Gasteiger partial charge in [0.2, 0.25) is 0 Å². The van der Waals surface area contributed by atoms with Gasteiger partial charge in [-0.2, -0.15) is 5.10 Å². The number of fused-ring (bicyclic) bond motifs is 1. The van der Waals surface area contributed by atoms with Crippen LogP contribution in [0, 0.1) is 12.7 Å². The minimum atomic E-state index is -0.229. The van der Waals surface area contributed by atoms with Gasteiger partial charge in [-0.15, -0.1) is 0 Å². The topological polar surface area (TPSA) is 29.9 Å². The average molecular weight is 231 g/mol. The number of nitrogens with zero attached hydrogens (tertiary/aromatic N) is 2. The van der Waals surface area contributed by atoms with Crippen molar-refractivity contribution in [2.24, 2.45) is 0 Å². The molecule has 88 valence electrons. The highest BCUT2D eigenvalue weighted by Crippen LogP contribution is 2.21. The summed E-state index contributed by atoms with van der Waals surface area (Å²) in [6.07, 6.45) is 0.997. The maximum absolute atomic E-state index is 13.2. The van der Waals surface area contributed by atoms with Crippen molar-refractivity contribution in [1.29, 1.82) is 0 Å². The van der Waals surface area contributed by atoms with E-state index >= 15 is 0 Å². The van der Waals surface area contributed by atoms with E-state index in [0.29, 0.717) is 0 Å². The molecule has 0 radical (unpaired) electrons. The fraction of sp³-hybridized carbons (Fsp3) is 0.308. The van der Waals surface area contributed by atoms with Gasteiger partial charge < -0.3 is 5.32 Å². The van der Waals surface area contributed by atoms with Crippen LogP contribution >= 0.6 is 0 Å². The Morgan fingerprint density at radius 2 is 2.29 bits per heavy atom. The van der Waals surface area contributed by atoms with Crippen LogP contribution in [0.15, 0.2) is 24.3 Å². The molecule has 4 heteroatoms. The maximum Gasteiger partial charge on any atom is 0.125 e. The summed E-state index contributed by atoms with van der Waals surface area (Å²) in [5.74, 6) is -0.229. The number of rotatable bonds is 1. The van der Waals surface area contributed by atoms with Crippen LogP contribution in [0.1, 0.15) is 17.0 Å². The van der Waals surface area contributed by atoms with Crippen molar-refractivity contribution in [2.45, 2.75) is 19.9 Å². The first-order valence-corrected chi connectivity index (χ1v) is 5.80. The van der Waals surface area contributed by atoms with Crippen LogP contribution in [-0.4, -0.2) is 16.3 Å². The van der Waals surface area contributed by atoms with E-state index in [1.165, 1.54) is 17.7 Å². The van der Waals surface area contributed by atoms with E-state index in [1.54, 1.807) is 6.07 Å². The van der Waals surface area contributed by atoms with Crippen molar-refractivity contribution in [3.05, 3.63) is 47.0 Å². The van der Waals surface area contributed by atoms with Crippen molar-refractivity contribution in [3.63, 3.8) is 0 Å². The van der Waals surface area contributed by atoms with E-state index in [4.69, 9.17) is 0 Å². The van der Waals surface area contributed by atoms with E-state index in [-0.39, 0.29) is 5.82 Å². The lowest BCUT2D eigenvalue weighted by Crippen LogP contribution is -2.25. The third-order valence-electron chi connectivity index (χ3n) is 3.19. The third-order valence-corrected chi connectivity index (χ3v) is 3.19. The molecule has 1 aliphatic rings. The zero-order valence-electron chi connectivity index (χ0n) is 9.70. The third kappa shape index (κ3) is 1.74. The van der Waals surface area contributed by atoms with E-state index in [0.717, 1.165) is 36.6 Å². The van der Waals surface area contributed by atoms with E-state index in [2.05, 4.69) is 10.4 Å². The highest BCUT2D eigenvalue weighted by molar-refractivity contribution is 5.38. The van der Waals surface area contributed by atoms with Crippen molar-refractivity contribution < 1.29 is 4.39 Å². The number of hydrogen-bond donors (Lipinski definition) is 1. The molecule has 1 aromatic carbocycles. The minimum absolute atomic E-state index is 0.229. The fourth-order valence-corrected chi connectivity index (χ4v) is 2.36. The second kappa shape index (κ2) is 3.96. The van der Waals surface area contributed by atoms with Crippen molar-refractivity contribution in [1.82, 2.24) is 15.1 Å². The Kier molecular flexibility index (Phi) is 2.44. The van der Waals surface area contributed by atoms with Gasteiger partial charge in [0.1, 0.15) is 5.82 Å². The molecule has 3 nitrogen and oxygen atoms in total. The van der Waals surface area contributed by atoms with Gasteiger partial charge in [0.15, 0.2) is 0 Å². The molecule has 0 aliphatic carbocycles.